The molecule has 0 bridgehead atoms. The van der Waals surface area contributed by atoms with Crippen LogP contribution in [-0.2, 0) is 14.8 Å². The molecule has 1 amide bonds. The number of hydrogen-bond acceptors (Lipinski definition) is 5. The standard InChI is InChI=1S/C17H27N3O3S2.ClH/c1-13-5-7-15(8-6-13)25(22,23)20-16(9-11-24-2)17(21)19-12-14-4-3-10-18-14;/h5-8,14,16,18,20H,3-4,9-12H2,1-2H3,(H,19,21);1H. The molecule has 6 nitrogen and oxygen atoms in total. The first-order valence-corrected chi connectivity index (χ1v) is 11.4. The van der Waals surface area contributed by atoms with Gasteiger partial charge in [-0.15, -0.1) is 12.4 Å². The Bertz CT molecular complexity index is 662. The largest absolute Gasteiger partial charge is 0.353 e. The molecular weight excluding hydrogens is 394 g/mol. The average molecular weight is 422 g/mol. The Labute approximate surface area is 166 Å². The minimum atomic E-state index is -3.72. The Balaban J connectivity index is 0.00000338. The number of benzene rings is 1. The van der Waals surface area contributed by atoms with Gasteiger partial charge >= 0.3 is 0 Å². The number of thioether (sulfide) groups is 1. The van der Waals surface area contributed by atoms with Gasteiger partial charge in [0.1, 0.15) is 6.04 Å². The Morgan fingerprint density at radius 2 is 2.04 bits per heavy atom. The predicted molar refractivity (Wildman–Crippen MR) is 110 cm³/mol. The monoisotopic (exact) mass is 421 g/mol. The molecule has 0 aliphatic carbocycles. The lowest BCUT2D eigenvalue weighted by Crippen LogP contribution is -2.49. The fraction of sp³-hybridized carbons (Fsp3) is 0.588. The van der Waals surface area contributed by atoms with E-state index in [1.54, 1.807) is 36.0 Å². The zero-order valence-corrected chi connectivity index (χ0v) is 17.6. The topological polar surface area (TPSA) is 87.3 Å². The predicted octanol–water partition coefficient (Wildman–Crippen LogP) is 1.69. The van der Waals surface area contributed by atoms with Crippen molar-refractivity contribution in [2.45, 2.75) is 43.2 Å². The third kappa shape index (κ3) is 7.08. The molecule has 1 fully saturated rings. The SMILES string of the molecule is CSCCC(NS(=O)(=O)c1ccc(C)cc1)C(=O)NCC1CCCN1.Cl. The molecule has 148 valence electrons. The van der Waals surface area contributed by atoms with Crippen molar-refractivity contribution < 1.29 is 13.2 Å². The van der Waals surface area contributed by atoms with E-state index in [0.29, 0.717) is 18.7 Å². The zero-order chi connectivity index (χ0) is 18.3. The van der Waals surface area contributed by atoms with Gasteiger partial charge in [0.15, 0.2) is 0 Å². The molecule has 2 rings (SSSR count). The van der Waals surface area contributed by atoms with Crippen molar-refractivity contribution in [1.82, 2.24) is 15.4 Å². The molecule has 2 unspecified atom stereocenters. The third-order valence-electron chi connectivity index (χ3n) is 4.24. The summed E-state index contributed by atoms with van der Waals surface area (Å²) in [5.41, 5.74) is 0.986. The molecule has 1 saturated heterocycles. The fourth-order valence-corrected chi connectivity index (χ4v) is 4.43. The second kappa shape index (κ2) is 11.1. The van der Waals surface area contributed by atoms with E-state index in [4.69, 9.17) is 0 Å². The zero-order valence-electron chi connectivity index (χ0n) is 15.2. The van der Waals surface area contributed by atoms with E-state index in [-0.39, 0.29) is 29.3 Å². The lowest BCUT2D eigenvalue weighted by atomic mass is 10.2. The molecule has 1 aromatic rings. The molecule has 0 spiro atoms. The molecule has 3 N–H and O–H groups in total. The van der Waals surface area contributed by atoms with Crippen molar-refractivity contribution in [3.8, 4) is 0 Å². The van der Waals surface area contributed by atoms with E-state index in [9.17, 15) is 13.2 Å². The molecule has 1 aliphatic heterocycles. The molecule has 2 atom stereocenters. The van der Waals surface area contributed by atoms with Gasteiger partial charge < -0.3 is 10.6 Å². The van der Waals surface area contributed by atoms with Crippen LogP contribution in [0.4, 0.5) is 0 Å². The first-order chi connectivity index (χ1) is 11.9. The molecule has 0 saturated carbocycles. The maximum Gasteiger partial charge on any atom is 0.241 e. The van der Waals surface area contributed by atoms with E-state index >= 15 is 0 Å². The van der Waals surface area contributed by atoms with Crippen LogP contribution in [0, 0.1) is 6.92 Å². The van der Waals surface area contributed by atoms with Crippen LogP contribution in [0.15, 0.2) is 29.2 Å². The van der Waals surface area contributed by atoms with Gasteiger partial charge in [0.25, 0.3) is 0 Å². The average Bonchev–Trinajstić information content (AvgIpc) is 3.10. The number of sulfonamides is 1. The fourth-order valence-electron chi connectivity index (χ4n) is 2.73. The Morgan fingerprint density at radius 3 is 2.62 bits per heavy atom. The van der Waals surface area contributed by atoms with Crippen molar-refractivity contribution in [3.05, 3.63) is 29.8 Å². The number of aryl methyl sites for hydroxylation is 1. The second-order valence-corrected chi connectivity index (χ2v) is 9.01. The summed E-state index contributed by atoms with van der Waals surface area (Å²) in [6.45, 7) is 3.40. The summed E-state index contributed by atoms with van der Waals surface area (Å²) in [4.78, 5) is 12.7. The van der Waals surface area contributed by atoms with Gasteiger partial charge in [-0.05, 0) is 56.9 Å². The van der Waals surface area contributed by atoms with E-state index in [1.165, 1.54) is 0 Å². The Hall–Kier alpha value is -0.800. The number of carbonyl (C=O) groups is 1. The lowest BCUT2D eigenvalue weighted by molar-refractivity contribution is -0.122. The van der Waals surface area contributed by atoms with Gasteiger partial charge in [0.05, 0.1) is 4.90 Å². The van der Waals surface area contributed by atoms with E-state index in [0.717, 1.165) is 24.9 Å². The van der Waals surface area contributed by atoms with Crippen molar-refractivity contribution >= 4 is 40.1 Å². The van der Waals surface area contributed by atoms with Crippen LogP contribution in [0.25, 0.3) is 0 Å². The van der Waals surface area contributed by atoms with Gasteiger partial charge in [-0.2, -0.15) is 16.5 Å². The van der Waals surface area contributed by atoms with Gasteiger partial charge in [-0.25, -0.2) is 8.42 Å². The van der Waals surface area contributed by atoms with Crippen LogP contribution in [0.2, 0.25) is 0 Å². The minimum Gasteiger partial charge on any atom is -0.353 e. The molecular formula is C17H28ClN3O3S2. The van der Waals surface area contributed by atoms with Crippen LogP contribution >= 0.6 is 24.2 Å². The first kappa shape index (κ1) is 23.2. The first-order valence-electron chi connectivity index (χ1n) is 8.51. The molecule has 1 aromatic carbocycles. The number of nitrogens with one attached hydrogen (secondary N) is 3. The normalized spacial score (nSPS) is 18.2. The highest BCUT2D eigenvalue weighted by Gasteiger charge is 2.26. The van der Waals surface area contributed by atoms with E-state index in [1.807, 2.05) is 13.2 Å². The summed E-state index contributed by atoms with van der Waals surface area (Å²) in [7, 11) is -3.72. The third-order valence-corrected chi connectivity index (χ3v) is 6.37. The number of amides is 1. The Kier molecular flexibility index (Phi) is 9.95. The van der Waals surface area contributed by atoms with Crippen LogP contribution < -0.4 is 15.4 Å². The van der Waals surface area contributed by atoms with Crippen LogP contribution in [-0.4, -0.2) is 51.5 Å². The van der Waals surface area contributed by atoms with Crippen molar-refractivity contribution in [3.63, 3.8) is 0 Å². The number of rotatable bonds is 9. The smallest absolute Gasteiger partial charge is 0.241 e. The van der Waals surface area contributed by atoms with Crippen LogP contribution in [0.5, 0.6) is 0 Å². The van der Waals surface area contributed by atoms with Gasteiger partial charge in [-0.3, -0.25) is 4.79 Å². The van der Waals surface area contributed by atoms with Crippen molar-refractivity contribution in [1.29, 1.82) is 0 Å². The van der Waals surface area contributed by atoms with Gasteiger partial charge in [0.2, 0.25) is 15.9 Å². The number of hydrogen-bond donors (Lipinski definition) is 3. The highest BCUT2D eigenvalue weighted by molar-refractivity contribution is 7.98. The molecule has 0 aromatic heterocycles. The summed E-state index contributed by atoms with van der Waals surface area (Å²) in [5, 5.41) is 6.20. The van der Waals surface area contributed by atoms with Gasteiger partial charge in [-0.1, -0.05) is 17.7 Å². The summed E-state index contributed by atoms with van der Waals surface area (Å²) in [6, 6.07) is 6.13. The van der Waals surface area contributed by atoms with E-state index < -0.39 is 16.1 Å². The minimum absolute atomic E-state index is 0. The van der Waals surface area contributed by atoms with E-state index in [2.05, 4.69) is 15.4 Å². The molecule has 0 radical (unpaired) electrons. The molecule has 9 heteroatoms. The molecule has 26 heavy (non-hydrogen) atoms. The molecule has 1 heterocycles. The van der Waals surface area contributed by atoms with Gasteiger partial charge in [0, 0.05) is 12.6 Å². The second-order valence-electron chi connectivity index (χ2n) is 6.31. The lowest BCUT2D eigenvalue weighted by Gasteiger charge is -2.20. The maximum atomic E-state index is 12.6. The number of carbonyl (C=O) groups excluding carboxylic acids is 1. The Morgan fingerprint density at radius 1 is 1.35 bits per heavy atom. The summed E-state index contributed by atoms with van der Waals surface area (Å²) in [5.74, 6) is 0.439. The van der Waals surface area contributed by atoms with Crippen LogP contribution in [0.1, 0.15) is 24.8 Å². The summed E-state index contributed by atoms with van der Waals surface area (Å²) < 4.78 is 27.7. The van der Waals surface area contributed by atoms with Crippen LogP contribution in [0.3, 0.4) is 0 Å². The highest BCUT2D eigenvalue weighted by Crippen LogP contribution is 2.12. The quantitative estimate of drug-likeness (QED) is 0.564. The van der Waals surface area contributed by atoms with Crippen molar-refractivity contribution in [2.24, 2.45) is 0 Å². The highest BCUT2D eigenvalue weighted by atomic mass is 35.5. The summed E-state index contributed by atoms with van der Waals surface area (Å²) in [6.07, 6.45) is 4.53. The maximum absolute atomic E-state index is 12.6. The van der Waals surface area contributed by atoms with Crippen molar-refractivity contribution in [2.75, 3.05) is 25.1 Å². The molecule has 1 aliphatic rings. The summed E-state index contributed by atoms with van der Waals surface area (Å²) >= 11 is 1.59. The number of halogens is 1.